The fraction of sp³-hybridized carbons (Fsp3) is 0.348. The van der Waals surface area contributed by atoms with Gasteiger partial charge < -0.3 is 4.74 Å². The Morgan fingerprint density at radius 2 is 1.97 bits per heavy atom. The third kappa shape index (κ3) is 3.38. The molecule has 1 aromatic carbocycles. The minimum absolute atomic E-state index is 0.0378. The van der Waals surface area contributed by atoms with E-state index in [0.29, 0.717) is 18.7 Å². The highest BCUT2D eigenvalue weighted by Crippen LogP contribution is 2.46. The molecule has 0 radical (unpaired) electrons. The molecule has 34 heavy (non-hydrogen) atoms. The molecule has 0 spiro atoms. The van der Waals surface area contributed by atoms with Crippen molar-refractivity contribution in [3.8, 4) is 5.69 Å². The van der Waals surface area contributed by atoms with E-state index in [4.69, 9.17) is 4.74 Å². The van der Waals surface area contributed by atoms with Crippen LogP contribution in [0.3, 0.4) is 0 Å². The second kappa shape index (κ2) is 8.17. The van der Waals surface area contributed by atoms with E-state index < -0.39 is 21.4 Å². The third-order valence-electron chi connectivity index (χ3n) is 6.61. The van der Waals surface area contributed by atoms with Crippen molar-refractivity contribution in [2.45, 2.75) is 31.3 Å². The van der Waals surface area contributed by atoms with Crippen LogP contribution in [0, 0.1) is 11.2 Å². The van der Waals surface area contributed by atoms with Crippen molar-refractivity contribution in [3.63, 3.8) is 0 Å². The lowest BCUT2D eigenvalue weighted by Gasteiger charge is -2.43. The maximum absolute atomic E-state index is 13.5. The van der Waals surface area contributed by atoms with Crippen molar-refractivity contribution >= 4 is 22.1 Å². The summed E-state index contributed by atoms with van der Waals surface area (Å²) in [6, 6.07) is 7.47. The minimum atomic E-state index is -3.87. The number of ether oxygens (including phenoxy) is 1. The third-order valence-corrected chi connectivity index (χ3v) is 8.48. The molecule has 0 unspecified atom stereocenters. The van der Waals surface area contributed by atoms with Crippen LogP contribution in [0.5, 0.6) is 0 Å². The van der Waals surface area contributed by atoms with Crippen molar-refractivity contribution < 1.29 is 22.3 Å². The zero-order valence-electron chi connectivity index (χ0n) is 18.8. The molecular weight excluding hydrogens is 461 g/mol. The molecule has 1 aliphatic heterocycles. The van der Waals surface area contributed by atoms with Gasteiger partial charge in [0.05, 0.1) is 30.9 Å². The number of carbonyl (C=O) groups is 1. The smallest absolute Gasteiger partial charge is 0.317 e. The van der Waals surface area contributed by atoms with E-state index in [1.165, 1.54) is 40.5 Å². The maximum atomic E-state index is 13.5. The highest BCUT2D eigenvalue weighted by Gasteiger charge is 2.52. The van der Waals surface area contributed by atoms with E-state index in [2.05, 4.69) is 10.2 Å². The van der Waals surface area contributed by atoms with Crippen LogP contribution >= 0.6 is 0 Å². The SMILES string of the molecule is CCn1nccc1S(=O)(=O)N1CCC2=Cc3c(cnn3-c3ccc(F)cc3)C[C@]2(C(=O)OC)C1. The molecule has 5 rings (SSSR count). The summed E-state index contributed by atoms with van der Waals surface area (Å²) in [7, 11) is -2.56. The number of hydrogen-bond acceptors (Lipinski definition) is 6. The molecule has 1 fully saturated rings. The maximum Gasteiger partial charge on any atom is 0.317 e. The standard InChI is InChI=1S/C23H24FN5O4S/c1-3-28-21(8-10-25-28)34(31,32)27-11-9-17-12-20-16(13-23(17,15-27)22(30)33-2)14-26-29(20)19-6-4-18(24)5-7-19/h4-8,10,12,14H,3,9,11,13,15H2,1-2H3/t23-/m0/s1. The van der Waals surface area contributed by atoms with Gasteiger partial charge in [0.15, 0.2) is 5.03 Å². The van der Waals surface area contributed by atoms with Crippen LogP contribution in [0.1, 0.15) is 24.6 Å². The summed E-state index contributed by atoms with van der Waals surface area (Å²) in [6.07, 6.45) is 5.63. The number of nitrogens with zero attached hydrogens (tertiary/aromatic N) is 5. The molecule has 2 aromatic heterocycles. The Morgan fingerprint density at radius 1 is 1.21 bits per heavy atom. The summed E-state index contributed by atoms with van der Waals surface area (Å²) < 4.78 is 50.0. The van der Waals surface area contributed by atoms with Gasteiger partial charge in [-0.25, -0.2) is 17.5 Å². The quantitative estimate of drug-likeness (QED) is 0.515. The number of sulfonamides is 1. The van der Waals surface area contributed by atoms with Gasteiger partial charge in [0.1, 0.15) is 11.2 Å². The van der Waals surface area contributed by atoms with Gasteiger partial charge in [-0.1, -0.05) is 0 Å². The average molecular weight is 486 g/mol. The zero-order chi connectivity index (χ0) is 24.1. The van der Waals surface area contributed by atoms with Gasteiger partial charge in [-0.2, -0.15) is 14.5 Å². The second-order valence-electron chi connectivity index (χ2n) is 8.44. The van der Waals surface area contributed by atoms with Gasteiger partial charge in [-0.3, -0.25) is 9.48 Å². The van der Waals surface area contributed by atoms with Gasteiger partial charge in [-0.15, -0.1) is 0 Å². The molecule has 1 atom stereocenters. The Hall–Kier alpha value is -3.31. The Kier molecular flexibility index (Phi) is 5.40. The van der Waals surface area contributed by atoms with Crippen molar-refractivity contribution in [2.75, 3.05) is 20.2 Å². The number of aryl methyl sites for hydroxylation is 1. The highest BCUT2D eigenvalue weighted by atomic mass is 32.2. The summed E-state index contributed by atoms with van der Waals surface area (Å²) in [5, 5.41) is 8.64. The Labute approximate surface area is 196 Å². The molecule has 11 heteroatoms. The Bertz CT molecular complexity index is 1390. The van der Waals surface area contributed by atoms with Crippen LogP contribution in [0.2, 0.25) is 0 Å². The number of halogens is 1. The first kappa shape index (κ1) is 22.5. The molecule has 3 heterocycles. The number of hydrogen-bond donors (Lipinski definition) is 0. The monoisotopic (exact) mass is 485 g/mol. The first-order valence-electron chi connectivity index (χ1n) is 10.9. The van der Waals surface area contributed by atoms with Crippen molar-refractivity contribution in [1.29, 1.82) is 0 Å². The van der Waals surface area contributed by atoms with Gasteiger partial charge in [0, 0.05) is 19.6 Å². The van der Waals surface area contributed by atoms with E-state index in [9.17, 15) is 17.6 Å². The van der Waals surface area contributed by atoms with Crippen LogP contribution in [-0.4, -0.2) is 58.5 Å². The molecular formula is C23H24FN5O4S. The normalized spacial score (nSPS) is 20.4. The van der Waals surface area contributed by atoms with Gasteiger partial charge in [0.2, 0.25) is 0 Å². The van der Waals surface area contributed by atoms with Crippen LogP contribution in [0.15, 0.2) is 53.3 Å². The number of methoxy groups -OCH3 is 1. The van der Waals surface area contributed by atoms with Crippen molar-refractivity contribution in [2.24, 2.45) is 5.41 Å². The van der Waals surface area contributed by atoms with Crippen LogP contribution in [0.4, 0.5) is 4.39 Å². The van der Waals surface area contributed by atoms with Gasteiger partial charge in [0.25, 0.3) is 10.0 Å². The number of benzene rings is 1. The summed E-state index contributed by atoms with van der Waals surface area (Å²) in [5.74, 6) is -0.825. The molecule has 9 nitrogen and oxygen atoms in total. The number of carbonyl (C=O) groups excluding carboxylic acids is 1. The molecule has 0 saturated carbocycles. The first-order chi connectivity index (χ1) is 16.3. The lowest BCUT2D eigenvalue weighted by Crippen LogP contribution is -2.53. The fourth-order valence-corrected chi connectivity index (χ4v) is 6.55. The largest absolute Gasteiger partial charge is 0.468 e. The second-order valence-corrected chi connectivity index (χ2v) is 10.3. The van der Waals surface area contributed by atoms with Crippen LogP contribution in [0.25, 0.3) is 11.8 Å². The average Bonchev–Trinajstić information content (AvgIpc) is 3.49. The van der Waals surface area contributed by atoms with Gasteiger partial charge in [-0.05, 0) is 67.3 Å². The Morgan fingerprint density at radius 3 is 2.68 bits per heavy atom. The molecule has 1 saturated heterocycles. The number of rotatable bonds is 5. The number of esters is 1. The summed E-state index contributed by atoms with van der Waals surface area (Å²) in [5.41, 5.74) is 1.92. The summed E-state index contributed by atoms with van der Waals surface area (Å²) in [6.45, 7) is 2.42. The number of fused-ring (bicyclic) bond motifs is 2. The number of aromatic nitrogens is 4. The molecule has 1 aliphatic carbocycles. The van der Waals surface area contributed by atoms with Gasteiger partial charge >= 0.3 is 5.97 Å². The molecule has 3 aromatic rings. The van der Waals surface area contributed by atoms with Crippen LogP contribution < -0.4 is 0 Å². The predicted octanol–water partition coefficient (Wildman–Crippen LogP) is 2.42. The van der Waals surface area contributed by atoms with Crippen molar-refractivity contribution in [3.05, 3.63) is 65.4 Å². The summed E-state index contributed by atoms with van der Waals surface area (Å²) in [4.78, 5) is 13.2. The minimum Gasteiger partial charge on any atom is -0.468 e. The topological polar surface area (TPSA) is 99.3 Å². The van der Waals surface area contributed by atoms with E-state index in [1.807, 2.05) is 13.0 Å². The van der Waals surface area contributed by atoms with Crippen molar-refractivity contribution in [1.82, 2.24) is 23.9 Å². The first-order valence-corrected chi connectivity index (χ1v) is 12.4. The zero-order valence-corrected chi connectivity index (χ0v) is 19.6. The fourth-order valence-electron chi connectivity index (χ4n) is 4.88. The molecule has 0 amide bonds. The van der Waals surface area contributed by atoms with Crippen LogP contribution in [-0.2, 0) is 32.5 Å². The Balaban J connectivity index is 1.55. The molecule has 2 aliphatic rings. The lowest BCUT2D eigenvalue weighted by atomic mass is 9.69. The summed E-state index contributed by atoms with van der Waals surface area (Å²) >= 11 is 0. The molecule has 0 N–H and O–H groups in total. The predicted molar refractivity (Wildman–Crippen MR) is 121 cm³/mol. The number of piperidine rings is 1. The van der Waals surface area contributed by atoms with E-state index in [1.54, 1.807) is 23.0 Å². The molecule has 0 bridgehead atoms. The highest BCUT2D eigenvalue weighted by molar-refractivity contribution is 7.89. The van der Waals surface area contributed by atoms with E-state index in [0.717, 1.165) is 16.8 Å². The molecule has 178 valence electrons. The van der Waals surface area contributed by atoms with E-state index >= 15 is 0 Å². The van der Waals surface area contributed by atoms with E-state index in [-0.39, 0.29) is 30.4 Å². The lowest BCUT2D eigenvalue weighted by molar-refractivity contribution is -0.151.